The largest absolute Gasteiger partial charge is 0.472 e. The first kappa shape index (κ1) is 37.7. The van der Waals surface area contributed by atoms with Gasteiger partial charge in [0.15, 0.2) is 23.1 Å². The molecule has 1 aliphatic heterocycles. The van der Waals surface area contributed by atoms with Crippen molar-refractivity contribution in [3.63, 3.8) is 0 Å². The minimum atomic E-state index is -0.878. The second-order valence-electron chi connectivity index (χ2n) is 15.7. The van der Waals surface area contributed by atoms with Gasteiger partial charge >= 0.3 is 0 Å². The Hall–Kier alpha value is -8.28. The van der Waals surface area contributed by atoms with Crippen LogP contribution in [0.1, 0.15) is 16.7 Å². The maximum absolute atomic E-state index is 14.0. The van der Waals surface area contributed by atoms with Crippen molar-refractivity contribution in [1.82, 2.24) is 15.0 Å². The standard InChI is InChI=1S/C58H38FN3O/c59-50-31-28-41(29-32-50)42-20-15-21-43(34-42)55-60-56(62-57(61-55)47-36-45(39-16-5-1-6-17-39)35-46(37-47)40-18-7-2-8-19-40)44-30-33-54-52(38-44)51-26-13-14-27-53(51)58(63-54,48-22-9-3-10-23-48)49-24-11-4-12-25-49/h1-38H. The van der Waals surface area contributed by atoms with Gasteiger partial charge in [-0.2, -0.15) is 0 Å². The Morgan fingerprint density at radius 1 is 0.317 bits per heavy atom. The number of nitrogens with zero attached hydrogens (tertiary/aromatic N) is 3. The lowest BCUT2D eigenvalue weighted by atomic mass is 9.75. The number of fused-ring (bicyclic) bond motifs is 3. The van der Waals surface area contributed by atoms with Gasteiger partial charge in [-0.1, -0.05) is 176 Å². The SMILES string of the molecule is Fc1ccc(-c2cccc(-c3nc(-c4cc(-c5ccccc5)cc(-c5ccccc5)c4)nc(-c4ccc5c(c4)-c4ccccc4C(c4ccccc4)(c4ccccc4)O5)n3)c2)cc1. The smallest absolute Gasteiger partial charge is 0.185 e. The van der Waals surface area contributed by atoms with Gasteiger partial charge < -0.3 is 4.74 Å². The summed E-state index contributed by atoms with van der Waals surface area (Å²) in [6, 6.07) is 77.5. The molecule has 298 valence electrons. The highest BCUT2D eigenvalue weighted by Gasteiger charge is 2.44. The third-order valence-electron chi connectivity index (χ3n) is 11.8. The summed E-state index contributed by atoms with van der Waals surface area (Å²) in [6.45, 7) is 0. The molecule has 0 atom stereocenters. The van der Waals surface area contributed by atoms with Gasteiger partial charge in [0.25, 0.3) is 0 Å². The fraction of sp³-hybridized carbons (Fsp3) is 0.0172. The first-order valence-corrected chi connectivity index (χ1v) is 21.0. The van der Waals surface area contributed by atoms with E-state index in [9.17, 15) is 4.39 Å². The lowest BCUT2D eigenvalue weighted by Crippen LogP contribution is -2.38. The summed E-state index contributed by atoms with van der Waals surface area (Å²) in [4.78, 5) is 15.7. The Morgan fingerprint density at radius 2 is 0.746 bits per heavy atom. The highest BCUT2D eigenvalue weighted by molar-refractivity contribution is 5.84. The van der Waals surface area contributed by atoms with Gasteiger partial charge in [-0.25, -0.2) is 19.3 Å². The molecule has 10 aromatic rings. The van der Waals surface area contributed by atoms with E-state index < -0.39 is 5.60 Å². The van der Waals surface area contributed by atoms with Crippen LogP contribution in [-0.4, -0.2) is 15.0 Å². The molecule has 0 amide bonds. The Morgan fingerprint density at radius 3 is 1.35 bits per heavy atom. The number of ether oxygens (including phenoxy) is 1. The molecule has 63 heavy (non-hydrogen) atoms. The quantitative estimate of drug-likeness (QED) is 0.153. The summed E-state index contributed by atoms with van der Waals surface area (Å²) in [7, 11) is 0. The van der Waals surface area contributed by atoms with Crippen LogP contribution in [0.3, 0.4) is 0 Å². The van der Waals surface area contributed by atoms with Gasteiger partial charge in [0.05, 0.1) is 0 Å². The van der Waals surface area contributed by atoms with Crippen LogP contribution >= 0.6 is 0 Å². The molecular weight excluding hydrogens is 774 g/mol. The Kier molecular flexibility index (Phi) is 9.55. The zero-order valence-electron chi connectivity index (χ0n) is 34.1. The minimum absolute atomic E-state index is 0.279. The molecule has 0 unspecified atom stereocenters. The van der Waals surface area contributed by atoms with E-state index in [2.05, 4.69) is 152 Å². The van der Waals surface area contributed by atoms with Crippen LogP contribution in [0, 0.1) is 5.82 Å². The molecular formula is C58H38FN3O. The third-order valence-corrected chi connectivity index (χ3v) is 11.8. The summed E-state index contributed by atoms with van der Waals surface area (Å²) in [5.41, 5.74) is 12.9. The Bertz CT molecular complexity index is 3150. The van der Waals surface area contributed by atoms with Gasteiger partial charge in [0.1, 0.15) is 11.6 Å². The molecule has 4 nitrogen and oxygen atoms in total. The van der Waals surface area contributed by atoms with Crippen LogP contribution in [0.25, 0.3) is 78.7 Å². The van der Waals surface area contributed by atoms with Crippen LogP contribution in [-0.2, 0) is 5.60 Å². The van der Waals surface area contributed by atoms with Crippen molar-refractivity contribution < 1.29 is 9.13 Å². The minimum Gasteiger partial charge on any atom is -0.472 e. The lowest BCUT2D eigenvalue weighted by molar-refractivity contribution is 0.152. The van der Waals surface area contributed by atoms with Crippen molar-refractivity contribution in [1.29, 1.82) is 0 Å². The maximum atomic E-state index is 14.0. The Balaban J connectivity index is 1.10. The van der Waals surface area contributed by atoms with Crippen molar-refractivity contribution in [2.45, 2.75) is 5.60 Å². The van der Waals surface area contributed by atoms with Crippen LogP contribution in [0.5, 0.6) is 5.75 Å². The zero-order valence-corrected chi connectivity index (χ0v) is 34.1. The molecule has 9 aromatic carbocycles. The summed E-state index contributed by atoms with van der Waals surface area (Å²) < 4.78 is 21.3. The number of halogens is 1. The van der Waals surface area contributed by atoms with E-state index in [1.807, 2.05) is 54.6 Å². The average Bonchev–Trinajstić information content (AvgIpc) is 3.37. The van der Waals surface area contributed by atoms with E-state index in [-0.39, 0.29) is 5.82 Å². The highest BCUT2D eigenvalue weighted by atomic mass is 19.1. The molecule has 5 heteroatoms. The molecule has 2 heterocycles. The molecule has 0 radical (unpaired) electrons. The molecule has 11 rings (SSSR count). The summed E-state index contributed by atoms with van der Waals surface area (Å²) in [5.74, 6) is 2.07. The van der Waals surface area contributed by atoms with E-state index in [1.54, 1.807) is 12.1 Å². The summed E-state index contributed by atoms with van der Waals surface area (Å²) >= 11 is 0. The first-order valence-electron chi connectivity index (χ1n) is 21.0. The summed E-state index contributed by atoms with van der Waals surface area (Å²) in [6.07, 6.45) is 0. The van der Waals surface area contributed by atoms with Crippen LogP contribution in [0.4, 0.5) is 4.39 Å². The summed E-state index contributed by atoms with van der Waals surface area (Å²) in [5, 5.41) is 0. The zero-order chi connectivity index (χ0) is 42.2. The highest BCUT2D eigenvalue weighted by Crippen LogP contribution is 2.52. The molecule has 0 spiro atoms. The monoisotopic (exact) mass is 811 g/mol. The lowest BCUT2D eigenvalue weighted by Gasteiger charge is -2.41. The molecule has 0 fully saturated rings. The van der Waals surface area contributed by atoms with Gasteiger partial charge in [0, 0.05) is 38.9 Å². The molecule has 0 saturated carbocycles. The normalized spacial score (nSPS) is 12.5. The number of rotatable bonds is 8. The second-order valence-corrected chi connectivity index (χ2v) is 15.7. The van der Waals surface area contributed by atoms with Crippen LogP contribution in [0.15, 0.2) is 231 Å². The topological polar surface area (TPSA) is 47.9 Å². The predicted molar refractivity (Wildman–Crippen MR) is 251 cm³/mol. The molecule has 0 N–H and O–H groups in total. The number of hydrogen-bond acceptors (Lipinski definition) is 4. The number of benzene rings is 9. The van der Waals surface area contributed by atoms with Crippen LogP contribution < -0.4 is 4.74 Å². The fourth-order valence-corrected chi connectivity index (χ4v) is 8.75. The van der Waals surface area contributed by atoms with Crippen molar-refractivity contribution in [2.75, 3.05) is 0 Å². The van der Waals surface area contributed by atoms with E-state index >= 15 is 0 Å². The van der Waals surface area contributed by atoms with Crippen molar-refractivity contribution in [3.8, 4) is 84.4 Å². The van der Waals surface area contributed by atoms with Gasteiger partial charge in [-0.15, -0.1) is 0 Å². The third kappa shape index (κ3) is 7.05. The van der Waals surface area contributed by atoms with Gasteiger partial charge in [-0.3, -0.25) is 0 Å². The van der Waals surface area contributed by atoms with E-state index in [0.717, 1.165) is 83.6 Å². The van der Waals surface area contributed by atoms with Gasteiger partial charge in [-0.05, 0) is 93.5 Å². The van der Waals surface area contributed by atoms with E-state index in [1.165, 1.54) is 12.1 Å². The molecule has 0 bridgehead atoms. The maximum Gasteiger partial charge on any atom is 0.185 e. The van der Waals surface area contributed by atoms with Gasteiger partial charge in [0.2, 0.25) is 0 Å². The number of hydrogen-bond donors (Lipinski definition) is 0. The van der Waals surface area contributed by atoms with E-state index in [0.29, 0.717) is 17.5 Å². The molecule has 1 aromatic heterocycles. The molecule has 0 saturated heterocycles. The van der Waals surface area contributed by atoms with Crippen molar-refractivity contribution in [2.24, 2.45) is 0 Å². The predicted octanol–water partition coefficient (Wildman–Crippen LogP) is 14.4. The molecule has 1 aliphatic rings. The first-order chi connectivity index (χ1) is 31.1. The van der Waals surface area contributed by atoms with E-state index in [4.69, 9.17) is 19.7 Å². The molecule has 0 aliphatic carbocycles. The second kappa shape index (κ2) is 16.0. The van der Waals surface area contributed by atoms with Crippen LogP contribution in [0.2, 0.25) is 0 Å². The van der Waals surface area contributed by atoms with Crippen molar-refractivity contribution >= 4 is 0 Å². The van der Waals surface area contributed by atoms with Crippen molar-refractivity contribution in [3.05, 3.63) is 253 Å². The number of aromatic nitrogens is 3. The Labute approximate surface area is 365 Å². The fourth-order valence-electron chi connectivity index (χ4n) is 8.75. The average molecular weight is 812 g/mol.